The summed E-state index contributed by atoms with van der Waals surface area (Å²) >= 11 is 0. The monoisotopic (exact) mass is 436 g/mol. The maximum atomic E-state index is 7.17. The van der Waals surface area contributed by atoms with Gasteiger partial charge in [-0.2, -0.15) is 0 Å². The van der Waals surface area contributed by atoms with Gasteiger partial charge in [0.05, 0.1) is 0 Å². The molecule has 0 bridgehead atoms. The zero-order valence-corrected chi connectivity index (χ0v) is 18.9. The largest absolute Gasteiger partial charge is 0.472 e. The van der Waals surface area contributed by atoms with Gasteiger partial charge in [-0.15, -0.1) is 0 Å². The van der Waals surface area contributed by atoms with Crippen LogP contribution in [0, 0.1) is 0 Å². The third-order valence-corrected chi connectivity index (χ3v) is 7.40. The van der Waals surface area contributed by atoms with Crippen molar-refractivity contribution in [1.29, 1.82) is 0 Å². The Kier molecular flexibility index (Phi) is 4.25. The Morgan fingerprint density at radius 3 is 1.94 bits per heavy atom. The highest BCUT2D eigenvalue weighted by atomic mass is 16.5. The van der Waals surface area contributed by atoms with Crippen LogP contribution < -0.4 is 4.74 Å². The molecule has 0 unspecified atom stereocenters. The van der Waals surface area contributed by atoms with Crippen molar-refractivity contribution in [3.63, 3.8) is 0 Å². The highest BCUT2D eigenvalue weighted by Gasteiger charge is 2.39. The number of fused-ring (bicyclic) bond motifs is 8. The van der Waals surface area contributed by atoms with Gasteiger partial charge in [0.15, 0.2) is 5.60 Å². The molecule has 0 N–H and O–H groups in total. The lowest BCUT2D eigenvalue weighted by Gasteiger charge is -2.38. The molecule has 0 atom stereocenters. The van der Waals surface area contributed by atoms with Crippen LogP contribution in [0.15, 0.2) is 115 Å². The molecule has 0 amide bonds. The standard InChI is InChI=1S/C33H24O/c1-3-12-24(13-4-1)33(25-14-5-2-6-15-25)22-21-30-28-20-19-23-11-7-8-16-26(23)31(28)27-17-9-10-18-29(27)32(30)34-33/h1-18,21-22H,19-20H2. The van der Waals surface area contributed by atoms with Gasteiger partial charge in [-0.25, -0.2) is 0 Å². The van der Waals surface area contributed by atoms with E-state index in [-0.39, 0.29) is 0 Å². The predicted octanol–water partition coefficient (Wildman–Crippen LogP) is 7.95. The second-order valence-electron chi connectivity index (χ2n) is 9.20. The van der Waals surface area contributed by atoms with Gasteiger partial charge < -0.3 is 4.74 Å². The summed E-state index contributed by atoms with van der Waals surface area (Å²) in [5.41, 5.74) is 8.40. The average molecular weight is 437 g/mol. The molecule has 0 spiro atoms. The SMILES string of the molecule is C1=CC(c2ccccc2)(c2ccccc2)Oc2c1c1c(c3ccccc23)-c2ccccc2CC1. The third-order valence-electron chi connectivity index (χ3n) is 7.40. The van der Waals surface area contributed by atoms with Crippen LogP contribution >= 0.6 is 0 Å². The van der Waals surface area contributed by atoms with E-state index in [4.69, 9.17) is 4.74 Å². The maximum Gasteiger partial charge on any atom is 0.178 e. The van der Waals surface area contributed by atoms with Crippen LogP contribution in [-0.4, -0.2) is 0 Å². The van der Waals surface area contributed by atoms with E-state index in [0.29, 0.717) is 0 Å². The van der Waals surface area contributed by atoms with Crippen LogP contribution in [0.25, 0.3) is 28.0 Å². The van der Waals surface area contributed by atoms with E-state index in [2.05, 4.69) is 121 Å². The molecular formula is C33H24O. The summed E-state index contributed by atoms with van der Waals surface area (Å²) in [4.78, 5) is 0. The molecule has 5 aromatic carbocycles. The van der Waals surface area contributed by atoms with Crippen molar-refractivity contribution in [3.05, 3.63) is 143 Å². The molecule has 1 aliphatic carbocycles. The number of rotatable bonds is 2. The first-order chi connectivity index (χ1) is 16.9. The molecular weight excluding hydrogens is 412 g/mol. The molecule has 1 nitrogen and oxygen atoms in total. The number of ether oxygens (including phenoxy) is 1. The van der Waals surface area contributed by atoms with Gasteiger partial charge >= 0.3 is 0 Å². The Morgan fingerprint density at radius 2 is 1.21 bits per heavy atom. The van der Waals surface area contributed by atoms with Crippen LogP contribution in [0.2, 0.25) is 0 Å². The van der Waals surface area contributed by atoms with E-state index in [1.807, 2.05) is 0 Å². The Hall–Kier alpha value is -4.10. The smallest absolute Gasteiger partial charge is 0.178 e. The topological polar surface area (TPSA) is 9.23 Å². The molecule has 0 saturated carbocycles. The van der Waals surface area contributed by atoms with Gasteiger partial charge in [-0.05, 0) is 46.6 Å². The third kappa shape index (κ3) is 2.74. The van der Waals surface area contributed by atoms with E-state index in [0.717, 1.165) is 29.7 Å². The van der Waals surface area contributed by atoms with E-state index in [1.165, 1.54) is 38.6 Å². The van der Waals surface area contributed by atoms with Gasteiger partial charge in [0, 0.05) is 22.1 Å². The first-order valence-electron chi connectivity index (χ1n) is 12.0. The van der Waals surface area contributed by atoms with Crippen molar-refractivity contribution in [3.8, 4) is 16.9 Å². The Bertz CT molecular complexity index is 1520. The van der Waals surface area contributed by atoms with Gasteiger partial charge in [0.25, 0.3) is 0 Å². The molecule has 7 rings (SSSR count). The fraction of sp³-hybridized carbons (Fsp3) is 0.0909. The zero-order chi connectivity index (χ0) is 22.5. The highest BCUT2D eigenvalue weighted by molar-refractivity contribution is 6.06. The number of benzene rings is 5. The normalized spacial score (nSPS) is 15.2. The van der Waals surface area contributed by atoms with E-state index < -0.39 is 5.60 Å². The summed E-state index contributed by atoms with van der Waals surface area (Å²) < 4.78 is 7.17. The van der Waals surface area contributed by atoms with Gasteiger partial charge in [0.2, 0.25) is 0 Å². The molecule has 0 aromatic heterocycles. The van der Waals surface area contributed by atoms with Gasteiger partial charge in [0.1, 0.15) is 5.75 Å². The summed E-state index contributed by atoms with van der Waals surface area (Å²) in [5.74, 6) is 0.990. The first-order valence-corrected chi connectivity index (χ1v) is 12.0. The molecule has 1 aliphatic heterocycles. The van der Waals surface area contributed by atoms with E-state index in [9.17, 15) is 0 Å². The highest BCUT2D eigenvalue weighted by Crippen LogP contribution is 2.51. The minimum atomic E-state index is -0.668. The van der Waals surface area contributed by atoms with E-state index in [1.54, 1.807) is 0 Å². The molecule has 162 valence electrons. The summed E-state index contributed by atoms with van der Waals surface area (Å²) in [6, 6.07) is 38.8. The van der Waals surface area contributed by atoms with Crippen LogP contribution in [0.1, 0.15) is 27.8 Å². The second kappa shape index (κ2) is 7.46. The van der Waals surface area contributed by atoms with Crippen LogP contribution in [0.5, 0.6) is 5.75 Å². The average Bonchev–Trinajstić information content (AvgIpc) is 2.93. The lowest BCUT2D eigenvalue weighted by Crippen LogP contribution is -2.34. The molecule has 0 fully saturated rings. The van der Waals surface area contributed by atoms with Crippen molar-refractivity contribution >= 4 is 16.8 Å². The quantitative estimate of drug-likeness (QED) is 0.273. The molecule has 5 aromatic rings. The summed E-state index contributed by atoms with van der Waals surface area (Å²) in [5, 5.41) is 2.45. The lowest BCUT2D eigenvalue weighted by molar-refractivity contribution is 0.163. The number of hydrogen-bond acceptors (Lipinski definition) is 1. The van der Waals surface area contributed by atoms with Crippen molar-refractivity contribution in [2.24, 2.45) is 0 Å². The predicted molar refractivity (Wildman–Crippen MR) is 140 cm³/mol. The minimum Gasteiger partial charge on any atom is -0.472 e. The molecule has 1 heteroatoms. The van der Waals surface area contributed by atoms with Crippen LogP contribution in [-0.2, 0) is 18.4 Å². The fourth-order valence-corrected chi connectivity index (χ4v) is 5.82. The molecule has 2 aliphatic rings. The Labute approximate surface area is 200 Å². The Balaban J connectivity index is 1.54. The van der Waals surface area contributed by atoms with Crippen LogP contribution in [0.3, 0.4) is 0 Å². The van der Waals surface area contributed by atoms with Crippen LogP contribution in [0.4, 0.5) is 0 Å². The lowest BCUT2D eigenvalue weighted by atomic mass is 9.77. The van der Waals surface area contributed by atoms with Crippen molar-refractivity contribution < 1.29 is 4.74 Å². The summed E-state index contributed by atoms with van der Waals surface area (Å²) in [6.07, 6.45) is 6.66. The molecule has 0 saturated heterocycles. The summed E-state index contributed by atoms with van der Waals surface area (Å²) in [6.45, 7) is 0. The molecule has 1 heterocycles. The second-order valence-corrected chi connectivity index (χ2v) is 9.20. The van der Waals surface area contributed by atoms with Gasteiger partial charge in [-0.1, -0.05) is 115 Å². The number of hydrogen-bond donors (Lipinski definition) is 0. The van der Waals surface area contributed by atoms with E-state index >= 15 is 0 Å². The van der Waals surface area contributed by atoms with Crippen molar-refractivity contribution in [2.45, 2.75) is 18.4 Å². The van der Waals surface area contributed by atoms with Gasteiger partial charge in [-0.3, -0.25) is 0 Å². The zero-order valence-electron chi connectivity index (χ0n) is 18.9. The Morgan fingerprint density at radius 1 is 0.588 bits per heavy atom. The molecule has 0 radical (unpaired) electrons. The summed E-state index contributed by atoms with van der Waals surface area (Å²) in [7, 11) is 0. The first kappa shape index (κ1) is 19.4. The minimum absolute atomic E-state index is 0.668. The molecule has 34 heavy (non-hydrogen) atoms. The fourth-order valence-electron chi connectivity index (χ4n) is 5.82. The van der Waals surface area contributed by atoms with Crippen molar-refractivity contribution in [1.82, 2.24) is 0 Å². The van der Waals surface area contributed by atoms with Crippen molar-refractivity contribution in [2.75, 3.05) is 0 Å². The number of aryl methyl sites for hydroxylation is 1. The maximum absolute atomic E-state index is 7.17.